The lowest BCUT2D eigenvalue weighted by molar-refractivity contribution is 1.44. The van der Waals surface area contributed by atoms with Crippen molar-refractivity contribution in [1.82, 2.24) is 0 Å². The van der Waals surface area contributed by atoms with E-state index in [0.29, 0.717) is 0 Å². The second kappa shape index (κ2) is 6.78. The lowest BCUT2D eigenvalue weighted by atomic mass is 10.0. The van der Waals surface area contributed by atoms with Crippen molar-refractivity contribution >= 4 is 43.5 Å². The van der Waals surface area contributed by atoms with Crippen LogP contribution in [0.25, 0.3) is 22.8 Å². The third kappa shape index (κ3) is 3.17. The topological polar surface area (TPSA) is 0 Å². The molecule has 0 spiro atoms. The van der Waals surface area contributed by atoms with E-state index in [1.165, 1.54) is 39.0 Å². The molecule has 0 saturated heterocycles. The number of aryl methyl sites for hydroxylation is 1. The van der Waals surface area contributed by atoms with Crippen LogP contribution in [0.5, 0.6) is 0 Å². The SMILES string of the molecule is Cc1ccccc1C=CC=C1c2cc(Br)ccc2-c2ccc(Br)cc21. The maximum Gasteiger partial charge on any atom is 0.0181 e. The standard InChI is InChI=1S/C23H16Br2/c1-15-5-2-3-6-16(15)7-4-8-19-22-13-17(24)9-11-20(22)21-12-10-18(25)14-23(19)21/h2-14H,1H3. The molecule has 0 aliphatic heterocycles. The summed E-state index contributed by atoms with van der Waals surface area (Å²) in [6.45, 7) is 2.14. The van der Waals surface area contributed by atoms with Gasteiger partial charge in [-0.3, -0.25) is 0 Å². The molecule has 122 valence electrons. The normalized spacial score (nSPS) is 12.4. The number of fused-ring (bicyclic) bond motifs is 3. The molecule has 0 saturated carbocycles. The molecule has 0 bridgehead atoms. The first-order valence-electron chi connectivity index (χ1n) is 8.18. The van der Waals surface area contributed by atoms with Crippen LogP contribution in [0.15, 0.2) is 81.8 Å². The highest BCUT2D eigenvalue weighted by Crippen LogP contribution is 2.46. The first-order valence-corrected chi connectivity index (χ1v) is 9.76. The second-order valence-corrected chi connectivity index (χ2v) is 8.01. The van der Waals surface area contributed by atoms with Crippen molar-refractivity contribution in [3.8, 4) is 11.1 Å². The predicted octanol–water partition coefficient (Wildman–Crippen LogP) is 7.65. The molecule has 2 heteroatoms. The fourth-order valence-electron chi connectivity index (χ4n) is 3.29. The Morgan fingerprint density at radius 2 is 1.32 bits per heavy atom. The Morgan fingerprint density at radius 3 is 1.92 bits per heavy atom. The molecule has 0 atom stereocenters. The van der Waals surface area contributed by atoms with Crippen molar-refractivity contribution in [1.29, 1.82) is 0 Å². The Morgan fingerprint density at radius 1 is 0.720 bits per heavy atom. The first kappa shape index (κ1) is 16.6. The van der Waals surface area contributed by atoms with E-state index in [1.54, 1.807) is 0 Å². The second-order valence-electron chi connectivity index (χ2n) is 6.18. The average Bonchev–Trinajstić information content (AvgIpc) is 2.89. The van der Waals surface area contributed by atoms with Gasteiger partial charge in [0.2, 0.25) is 0 Å². The van der Waals surface area contributed by atoms with Crippen LogP contribution in [-0.2, 0) is 0 Å². The van der Waals surface area contributed by atoms with Gasteiger partial charge in [-0.15, -0.1) is 0 Å². The average molecular weight is 452 g/mol. The van der Waals surface area contributed by atoms with Gasteiger partial charge in [-0.25, -0.2) is 0 Å². The van der Waals surface area contributed by atoms with Gasteiger partial charge in [0.05, 0.1) is 0 Å². The highest BCUT2D eigenvalue weighted by atomic mass is 79.9. The van der Waals surface area contributed by atoms with Crippen LogP contribution >= 0.6 is 31.9 Å². The summed E-state index contributed by atoms with van der Waals surface area (Å²) in [5.41, 5.74) is 8.94. The Balaban J connectivity index is 1.83. The number of halogens is 2. The Bertz CT molecular complexity index is 973. The zero-order chi connectivity index (χ0) is 17.4. The van der Waals surface area contributed by atoms with Crippen molar-refractivity contribution in [2.24, 2.45) is 0 Å². The molecule has 1 aliphatic rings. The Kier molecular flexibility index (Phi) is 4.49. The molecule has 0 heterocycles. The highest BCUT2D eigenvalue weighted by Gasteiger charge is 2.23. The van der Waals surface area contributed by atoms with Crippen molar-refractivity contribution < 1.29 is 0 Å². The Labute approximate surface area is 165 Å². The van der Waals surface area contributed by atoms with Gasteiger partial charge in [-0.2, -0.15) is 0 Å². The number of benzene rings is 3. The lowest BCUT2D eigenvalue weighted by Gasteiger charge is -2.03. The van der Waals surface area contributed by atoms with Crippen LogP contribution in [0.4, 0.5) is 0 Å². The molecular weight excluding hydrogens is 436 g/mol. The zero-order valence-electron chi connectivity index (χ0n) is 13.8. The van der Waals surface area contributed by atoms with Crippen molar-refractivity contribution in [2.75, 3.05) is 0 Å². The number of hydrogen-bond donors (Lipinski definition) is 0. The van der Waals surface area contributed by atoms with E-state index in [2.05, 4.69) is 118 Å². The van der Waals surface area contributed by atoms with Crippen LogP contribution in [0, 0.1) is 6.92 Å². The molecular formula is C23H16Br2. The van der Waals surface area contributed by atoms with Gasteiger partial charge < -0.3 is 0 Å². The largest absolute Gasteiger partial charge is 0.0620 e. The molecule has 25 heavy (non-hydrogen) atoms. The summed E-state index contributed by atoms with van der Waals surface area (Å²) in [5, 5.41) is 0. The molecule has 0 N–H and O–H groups in total. The summed E-state index contributed by atoms with van der Waals surface area (Å²) in [7, 11) is 0. The molecule has 3 aromatic rings. The van der Waals surface area contributed by atoms with Crippen molar-refractivity contribution in [3.05, 3.63) is 104 Å². The smallest absolute Gasteiger partial charge is 0.0181 e. The summed E-state index contributed by atoms with van der Waals surface area (Å²) in [6, 6.07) is 21.4. The van der Waals surface area contributed by atoms with E-state index in [1.807, 2.05) is 0 Å². The quantitative estimate of drug-likeness (QED) is 0.293. The van der Waals surface area contributed by atoms with Crippen LogP contribution in [-0.4, -0.2) is 0 Å². The van der Waals surface area contributed by atoms with Gasteiger partial charge in [-0.1, -0.05) is 86.5 Å². The van der Waals surface area contributed by atoms with Gasteiger partial charge in [0.1, 0.15) is 0 Å². The van der Waals surface area contributed by atoms with Crippen LogP contribution < -0.4 is 0 Å². The van der Waals surface area contributed by atoms with Crippen LogP contribution in [0.2, 0.25) is 0 Å². The van der Waals surface area contributed by atoms with Crippen LogP contribution in [0.1, 0.15) is 22.3 Å². The summed E-state index contributed by atoms with van der Waals surface area (Å²) in [6.07, 6.45) is 6.55. The highest BCUT2D eigenvalue weighted by molar-refractivity contribution is 9.10. The van der Waals surface area contributed by atoms with Gasteiger partial charge in [0, 0.05) is 8.95 Å². The maximum atomic E-state index is 3.61. The maximum absolute atomic E-state index is 3.61. The predicted molar refractivity (Wildman–Crippen MR) is 115 cm³/mol. The van der Waals surface area contributed by atoms with Crippen molar-refractivity contribution in [2.45, 2.75) is 6.92 Å². The molecule has 0 nitrogen and oxygen atoms in total. The third-order valence-electron chi connectivity index (χ3n) is 4.56. The fraction of sp³-hybridized carbons (Fsp3) is 0.0435. The van der Waals surface area contributed by atoms with Gasteiger partial charge in [0.15, 0.2) is 0 Å². The summed E-state index contributed by atoms with van der Waals surface area (Å²) < 4.78 is 2.21. The molecule has 0 amide bonds. The zero-order valence-corrected chi connectivity index (χ0v) is 16.9. The first-order chi connectivity index (χ1) is 12.1. The van der Waals surface area contributed by atoms with Gasteiger partial charge in [0.25, 0.3) is 0 Å². The molecule has 3 aromatic carbocycles. The monoisotopic (exact) mass is 450 g/mol. The molecule has 1 aliphatic carbocycles. The minimum Gasteiger partial charge on any atom is -0.0620 e. The number of hydrogen-bond acceptors (Lipinski definition) is 0. The summed E-state index contributed by atoms with van der Waals surface area (Å²) in [4.78, 5) is 0. The third-order valence-corrected chi connectivity index (χ3v) is 5.55. The minimum absolute atomic E-state index is 1.10. The van der Waals surface area contributed by atoms with E-state index in [0.717, 1.165) is 8.95 Å². The lowest BCUT2D eigenvalue weighted by Crippen LogP contribution is -1.82. The van der Waals surface area contributed by atoms with E-state index >= 15 is 0 Å². The molecule has 0 fully saturated rings. The van der Waals surface area contributed by atoms with E-state index in [-0.39, 0.29) is 0 Å². The molecule has 0 aromatic heterocycles. The minimum atomic E-state index is 1.10. The van der Waals surface area contributed by atoms with E-state index in [9.17, 15) is 0 Å². The molecule has 0 unspecified atom stereocenters. The number of rotatable bonds is 2. The van der Waals surface area contributed by atoms with E-state index < -0.39 is 0 Å². The summed E-state index contributed by atoms with van der Waals surface area (Å²) in [5.74, 6) is 0. The van der Waals surface area contributed by atoms with Gasteiger partial charge in [-0.05, 0) is 70.1 Å². The molecule has 4 rings (SSSR count). The van der Waals surface area contributed by atoms with Crippen molar-refractivity contribution in [3.63, 3.8) is 0 Å². The van der Waals surface area contributed by atoms with E-state index in [4.69, 9.17) is 0 Å². The fourth-order valence-corrected chi connectivity index (χ4v) is 4.02. The molecule has 0 radical (unpaired) electrons. The van der Waals surface area contributed by atoms with Gasteiger partial charge >= 0.3 is 0 Å². The summed E-state index contributed by atoms with van der Waals surface area (Å²) >= 11 is 7.22. The van der Waals surface area contributed by atoms with Crippen LogP contribution in [0.3, 0.4) is 0 Å². The Hall–Kier alpha value is -1.90. The number of allylic oxidation sites excluding steroid dienone is 2.